The SMILES string of the molecule is O=c1cc(NCC(O)CNCc2cn(-c3ccccc3)nc2-c2ccc(F)cc2)[nH]c2ccccc12. The summed E-state index contributed by atoms with van der Waals surface area (Å²) in [6.45, 7) is 1.04. The highest BCUT2D eigenvalue weighted by Crippen LogP contribution is 2.24. The summed E-state index contributed by atoms with van der Waals surface area (Å²) in [5.74, 6) is 0.254. The number of fused-ring (bicyclic) bond motifs is 1. The van der Waals surface area contributed by atoms with Crippen molar-refractivity contribution in [3.63, 3.8) is 0 Å². The summed E-state index contributed by atoms with van der Waals surface area (Å²) in [7, 11) is 0. The Bertz CT molecular complexity index is 1510. The quantitative estimate of drug-likeness (QED) is 0.253. The molecule has 1 atom stereocenters. The van der Waals surface area contributed by atoms with Gasteiger partial charge in [0.25, 0.3) is 0 Å². The number of rotatable bonds is 9. The molecule has 0 radical (unpaired) electrons. The Labute approximate surface area is 207 Å². The lowest BCUT2D eigenvalue weighted by molar-refractivity contribution is 0.184. The van der Waals surface area contributed by atoms with E-state index in [0.717, 1.165) is 28.0 Å². The van der Waals surface area contributed by atoms with Gasteiger partial charge in [0, 0.05) is 48.4 Å². The van der Waals surface area contributed by atoms with E-state index in [0.29, 0.717) is 24.3 Å². The minimum atomic E-state index is -0.696. The molecule has 4 N–H and O–H groups in total. The van der Waals surface area contributed by atoms with Crippen LogP contribution in [0.15, 0.2) is 95.9 Å². The molecule has 0 aliphatic heterocycles. The van der Waals surface area contributed by atoms with Crippen LogP contribution in [0.2, 0.25) is 0 Å². The molecule has 0 spiro atoms. The van der Waals surface area contributed by atoms with E-state index in [1.165, 1.54) is 18.2 Å². The number of aliphatic hydroxyl groups is 1. The fraction of sp³-hybridized carbons (Fsp3) is 0.143. The van der Waals surface area contributed by atoms with Crippen LogP contribution in [0.1, 0.15) is 5.56 Å². The summed E-state index contributed by atoms with van der Waals surface area (Å²) in [5, 5.41) is 22.2. The predicted molar refractivity (Wildman–Crippen MR) is 140 cm³/mol. The first-order valence-corrected chi connectivity index (χ1v) is 11.7. The van der Waals surface area contributed by atoms with E-state index in [1.807, 2.05) is 54.7 Å². The molecule has 2 aromatic heterocycles. The molecule has 182 valence electrons. The van der Waals surface area contributed by atoms with Crippen LogP contribution in [0.25, 0.3) is 27.8 Å². The molecule has 5 aromatic rings. The van der Waals surface area contributed by atoms with Crippen LogP contribution < -0.4 is 16.1 Å². The lowest BCUT2D eigenvalue weighted by Crippen LogP contribution is -2.32. The Morgan fingerprint density at radius 1 is 0.972 bits per heavy atom. The number of aromatic amines is 1. The van der Waals surface area contributed by atoms with E-state index in [2.05, 4.69) is 15.6 Å². The second-order valence-corrected chi connectivity index (χ2v) is 8.55. The summed E-state index contributed by atoms with van der Waals surface area (Å²) in [5.41, 5.74) is 4.05. The van der Waals surface area contributed by atoms with Crippen molar-refractivity contribution in [1.29, 1.82) is 0 Å². The number of nitrogens with one attached hydrogen (secondary N) is 3. The lowest BCUT2D eigenvalue weighted by Gasteiger charge is -2.14. The molecule has 0 aliphatic rings. The number of nitrogens with zero attached hydrogens (tertiary/aromatic N) is 2. The third kappa shape index (κ3) is 5.35. The maximum Gasteiger partial charge on any atom is 0.191 e. The second-order valence-electron chi connectivity index (χ2n) is 8.55. The molecule has 5 rings (SSSR count). The van der Waals surface area contributed by atoms with E-state index in [1.54, 1.807) is 22.9 Å². The summed E-state index contributed by atoms with van der Waals surface area (Å²) >= 11 is 0. The van der Waals surface area contributed by atoms with Gasteiger partial charge in [-0.1, -0.05) is 30.3 Å². The summed E-state index contributed by atoms with van der Waals surface area (Å²) < 4.78 is 15.3. The van der Waals surface area contributed by atoms with Gasteiger partial charge < -0.3 is 20.7 Å². The van der Waals surface area contributed by atoms with E-state index in [4.69, 9.17) is 5.10 Å². The molecule has 0 amide bonds. The van der Waals surface area contributed by atoms with E-state index >= 15 is 0 Å². The molecule has 7 nitrogen and oxygen atoms in total. The highest BCUT2D eigenvalue weighted by Gasteiger charge is 2.13. The molecule has 0 bridgehead atoms. The average molecular weight is 484 g/mol. The minimum Gasteiger partial charge on any atom is -0.390 e. The Kier molecular flexibility index (Phi) is 6.88. The van der Waals surface area contributed by atoms with Crippen molar-refractivity contribution in [2.75, 3.05) is 18.4 Å². The number of H-pyrrole nitrogens is 1. The fourth-order valence-electron chi connectivity index (χ4n) is 4.07. The van der Waals surface area contributed by atoms with Crippen molar-refractivity contribution in [1.82, 2.24) is 20.1 Å². The van der Waals surface area contributed by atoms with Gasteiger partial charge in [0.15, 0.2) is 5.43 Å². The van der Waals surface area contributed by atoms with E-state index in [9.17, 15) is 14.3 Å². The molecule has 8 heteroatoms. The van der Waals surface area contributed by atoms with E-state index < -0.39 is 6.10 Å². The van der Waals surface area contributed by atoms with Crippen molar-refractivity contribution in [2.24, 2.45) is 0 Å². The number of benzene rings is 3. The number of hydrogen-bond acceptors (Lipinski definition) is 5. The molecule has 1 unspecified atom stereocenters. The molecule has 3 aromatic carbocycles. The average Bonchev–Trinajstić information content (AvgIpc) is 3.33. The van der Waals surface area contributed by atoms with Gasteiger partial charge >= 0.3 is 0 Å². The topological polar surface area (TPSA) is 95.0 Å². The Hall–Kier alpha value is -4.27. The molecule has 2 heterocycles. The molecule has 36 heavy (non-hydrogen) atoms. The molecule has 0 saturated heterocycles. The lowest BCUT2D eigenvalue weighted by atomic mass is 10.1. The molecule has 0 aliphatic carbocycles. The van der Waals surface area contributed by atoms with Crippen molar-refractivity contribution in [3.05, 3.63) is 113 Å². The number of aliphatic hydroxyl groups excluding tert-OH is 1. The van der Waals surface area contributed by atoms with Gasteiger partial charge in [0.1, 0.15) is 11.6 Å². The Balaban J connectivity index is 1.24. The van der Waals surface area contributed by atoms with Crippen LogP contribution in [-0.4, -0.2) is 39.1 Å². The predicted octanol–water partition coefficient (Wildman–Crippen LogP) is 4.08. The molecular weight excluding hydrogens is 457 g/mol. The van der Waals surface area contributed by atoms with Crippen molar-refractivity contribution >= 4 is 16.7 Å². The van der Waals surface area contributed by atoms with E-state index in [-0.39, 0.29) is 17.8 Å². The highest BCUT2D eigenvalue weighted by molar-refractivity contribution is 5.79. The zero-order chi connectivity index (χ0) is 24.9. The van der Waals surface area contributed by atoms with Crippen LogP contribution in [-0.2, 0) is 6.54 Å². The Morgan fingerprint density at radius 3 is 2.53 bits per heavy atom. The van der Waals surface area contributed by atoms with Crippen LogP contribution >= 0.6 is 0 Å². The summed E-state index contributed by atoms with van der Waals surface area (Å²) in [6.07, 6.45) is 1.24. The van der Waals surface area contributed by atoms with Crippen LogP contribution in [0.4, 0.5) is 10.2 Å². The zero-order valence-electron chi connectivity index (χ0n) is 19.5. The van der Waals surface area contributed by atoms with Crippen molar-refractivity contribution < 1.29 is 9.50 Å². The van der Waals surface area contributed by atoms with Gasteiger partial charge in [-0.15, -0.1) is 0 Å². The standard InChI is InChI=1S/C28H26FN5O2/c29-21-12-10-19(11-13-21)28-20(18-34(33-28)22-6-2-1-3-7-22)15-30-16-23(35)17-31-27-14-26(36)24-8-4-5-9-25(24)32-27/h1-14,18,23,30,35H,15-17H2,(H2,31,32,36). The largest absolute Gasteiger partial charge is 0.390 e. The van der Waals surface area contributed by atoms with Crippen LogP contribution in [0.3, 0.4) is 0 Å². The first-order valence-electron chi connectivity index (χ1n) is 11.7. The van der Waals surface area contributed by atoms with Gasteiger partial charge in [0.05, 0.1) is 23.0 Å². The van der Waals surface area contributed by atoms with Gasteiger partial charge in [-0.05, 0) is 48.5 Å². The molecule has 0 fully saturated rings. The maximum absolute atomic E-state index is 13.5. The van der Waals surface area contributed by atoms with Gasteiger partial charge in [-0.2, -0.15) is 5.10 Å². The highest BCUT2D eigenvalue weighted by atomic mass is 19.1. The summed E-state index contributed by atoms with van der Waals surface area (Å²) in [6, 6.07) is 24.8. The normalized spacial score (nSPS) is 12.1. The molecular formula is C28H26FN5O2. The van der Waals surface area contributed by atoms with Crippen molar-refractivity contribution in [2.45, 2.75) is 12.6 Å². The monoisotopic (exact) mass is 483 g/mol. The third-order valence-corrected chi connectivity index (χ3v) is 5.89. The minimum absolute atomic E-state index is 0.0804. The number of halogens is 1. The third-order valence-electron chi connectivity index (χ3n) is 5.89. The number of para-hydroxylation sites is 2. The van der Waals surface area contributed by atoms with Gasteiger partial charge in [-0.3, -0.25) is 4.79 Å². The van der Waals surface area contributed by atoms with Crippen LogP contribution in [0.5, 0.6) is 0 Å². The number of anilines is 1. The smallest absolute Gasteiger partial charge is 0.191 e. The first-order chi connectivity index (χ1) is 17.6. The first kappa shape index (κ1) is 23.5. The number of pyridine rings is 1. The molecule has 0 saturated carbocycles. The fourth-order valence-corrected chi connectivity index (χ4v) is 4.07. The second kappa shape index (κ2) is 10.6. The Morgan fingerprint density at radius 2 is 1.72 bits per heavy atom. The van der Waals surface area contributed by atoms with Crippen molar-refractivity contribution in [3.8, 4) is 16.9 Å². The van der Waals surface area contributed by atoms with Gasteiger partial charge in [0.2, 0.25) is 0 Å². The van der Waals surface area contributed by atoms with Crippen LogP contribution in [0, 0.1) is 5.82 Å². The zero-order valence-corrected chi connectivity index (χ0v) is 19.5. The number of aromatic nitrogens is 3. The maximum atomic E-state index is 13.5. The number of hydrogen-bond donors (Lipinski definition) is 4. The summed E-state index contributed by atoms with van der Waals surface area (Å²) in [4.78, 5) is 15.5. The van der Waals surface area contributed by atoms with Gasteiger partial charge in [-0.25, -0.2) is 9.07 Å².